The molecule has 0 saturated carbocycles. The number of amides is 1. The van der Waals surface area contributed by atoms with Gasteiger partial charge in [-0.2, -0.15) is 11.3 Å². The monoisotopic (exact) mass is 561 g/mol. The van der Waals surface area contributed by atoms with Crippen LogP contribution in [0.2, 0.25) is 0 Å². The number of nitrogens with one attached hydrogen (secondary N) is 2. The van der Waals surface area contributed by atoms with E-state index in [-0.39, 0.29) is 18.1 Å². The lowest BCUT2D eigenvalue weighted by molar-refractivity contribution is -0.121. The zero-order chi connectivity index (χ0) is 27.9. The lowest BCUT2D eigenvalue weighted by atomic mass is 10.00. The zero-order valence-corrected chi connectivity index (χ0v) is 23.9. The molecule has 0 spiro atoms. The van der Waals surface area contributed by atoms with Crippen LogP contribution in [0.15, 0.2) is 59.3 Å². The van der Waals surface area contributed by atoms with Gasteiger partial charge >= 0.3 is 0 Å². The number of thiophene rings is 1. The summed E-state index contributed by atoms with van der Waals surface area (Å²) in [5, 5.41) is 16.0. The van der Waals surface area contributed by atoms with Crippen molar-refractivity contribution >= 4 is 34.3 Å². The molecule has 1 amide bonds. The van der Waals surface area contributed by atoms with Crippen LogP contribution in [0.5, 0.6) is 5.75 Å². The van der Waals surface area contributed by atoms with E-state index in [1.807, 2.05) is 41.1 Å². The van der Waals surface area contributed by atoms with Crippen molar-refractivity contribution in [2.45, 2.75) is 37.8 Å². The van der Waals surface area contributed by atoms with Gasteiger partial charge in [0.15, 0.2) is 0 Å². The molecule has 1 unspecified atom stereocenters. The Morgan fingerprint density at radius 1 is 1.10 bits per heavy atom. The van der Waals surface area contributed by atoms with Gasteiger partial charge in [0.2, 0.25) is 5.91 Å². The van der Waals surface area contributed by atoms with Crippen molar-refractivity contribution in [3.8, 4) is 5.75 Å². The van der Waals surface area contributed by atoms with Crippen LogP contribution in [0.25, 0.3) is 0 Å². The number of methoxy groups -OCH3 is 1. The largest absolute Gasteiger partial charge is 0.490 e. The molecule has 2 aliphatic rings. The molecule has 0 bridgehead atoms. The second kappa shape index (κ2) is 13.4. The molecule has 2 aromatic carbocycles. The topological polar surface area (TPSA) is 104 Å². The fourth-order valence-corrected chi connectivity index (χ4v) is 6.22. The van der Waals surface area contributed by atoms with Gasteiger partial charge in [-0.05, 0) is 104 Å². The summed E-state index contributed by atoms with van der Waals surface area (Å²) in [6.07, 6.45) is 4.38. The molecule has 2 aliphatic heterocycles. The second-order valence-electron chi connectivity index (χ2n) is 10.5. The summed E-state index contributed by atoms with van der Waals surface area (Å²) in [5.41, 5.74) is 10.1. The third kappa shape index (κ3) is 6.90. The van der Waals surface area contributed by atoms with E-state index in [2.05, 4.69) is 15.1 Å². The highest BCUT2D eigenvalue weighted by Gasteiger charge is 2.30. The van der Waals surface area contributed by atoms with E-state index in [0.717, 1.165) is 81.9 Å². The summed E-state index contributed by atoms with van der Waals surface area (Å²) in [6, 6.07) is 14.7. The number of ether oxygens (including phenoxy) is 2. The summed E-state index contributed by atoms with van der Waals surface area (Å²) in [5.74, 6) is 0.746. The maximum absolute atomic E-state index is 13.4. The zero-order valence-electron chi connectivity index (χ0n) is 23.1. The van der Waals surface area contributed by atoms with Crippen molar-refractivity contribution < 1.29 is 14.3 Å². The quantitative estimate of drug-likeness (QED) is 0.225. The van der Waals surface area contributed by atoms with Crippen molar-refractivity contribution in [3.05, 3.63) is 76.0 Å². The number of anilines is 2. The minimum Gasteiger partial charge on any atom is -0.490 e. The van der Waals surface area contributed by atoms with Crippen molar-refractivity contribution in [3.63, 3.8) is 0 Å². The van der Waals surface area contributed by atoms with Crippen LogP contribution in [0.3, 0.4) is 0 Å². The highest BCUT2D eigenvalue weighted by molar-refractivity contribution is 7.08. The maximum atomic E-state index is 13.4. The Hall–Kier alpha value is -3.24. The summed E-state index contributed by atoms with van der Waals surface area (Å²) < 4.78 is 11.4. The number of nitrogen functional groups attached to an aromatic ring is 1. The van der Waals surface area contributed by atoms with E-state index in [1.54, 1.807) is 36.6 Å². The number of benzene rings is 2. The molecule has 9 heteroatoms. The van der Waals surface area contributed by atoms with Gasteiger partial charge in [-0.1, -0.05) is 0 Å². The minimum atomic E-state index is -0.320. The van der Waals surface area contributed by atoms with Gasteiger partial charge < -0.3 is 25.4 Å². The summed E-state index contributed by atoms with van der Waals surface area (Å²) >= 11 is 1.60. The van der Waals surface area contributed by atoms with Gasteiger partial charge in [0.1, 0.15) is 17.9 Å². The van der Waals surface area contributed by atoms with E-state index in [4.69, 9.17) is 20.6 Å². The highest BCUT2D eigenvalue weighted by atomic mass is 32.1. The Morgan fingerprint density at radius 3 is 2.52 bits per heavy atom. The van der Waals surface area contributed by atoms with E-state index < -0.39 is 0 Å². The Kier molecular flexibility index (Phi) is 9.49. The number of nitrogens with zero attached hydrogens (tertiary/aromatic N) is 2. The van der Waals surface area contributed by atoms with E-state index >= 15 is 0 Å². The van der Waals surface area contributed by atoms with Crippen LogP contribution in [0, 0.1) is 5.41 Å². The van der Waals surface area contributed by atoms with Gasteiger partial charge in [-0.25, -0.2) is 0 Å². The lowest BCUT2D eigenvalue weighted by Crippen LogP contribution is -2.39. The number of likely N-dealkylation sites (tertiary alicyclic amines) is 2. The predicted octanol–water partition coefficient (Wildman–Crippen LogP) is 5.01. The molecule has 3 aromatic rings. The van der Waals surface area contributed by atoms with E-state index in [9.17, 15) is 4.79 Å². The van der Waals surface area contributed by atoms with E-state index in [0.29, 0.717) is 22.6 Å². The third-order valence-electron chi connectivity index (χ3n) is 7.80. The van der Waals surface area contributed by atoms with Gasteiger partial charge in [0, 0.05) is 49.2 Å². The molecular weight excluding hydrogens is 522 g/mol. The molecule has 8 nitrogen and oxygen atoms in total. The molecule has 40 heavy (non-hydrogen) atoms. The van der Waals surface area contributed by atoms with Crippen LogP contribution in [0.1, 0.15) is 48.4 Å². The predicted molar refractivity (Wildman–Crippen MR) is 162 cm³/mol. The molecule has 1 aromatic heterocycles. The first-order valence-electron chi connectivity index (χ1n) is 14.1. The van der Waals surface area contributed by atoms with Crippen molar-refractivity contribution in [2.24, 2.45) is 0 Å². The number of nitrogens with two attached hydrogens (primary N) is 1. The molecule has 2 saturated heterocycles. The van der Waals surface area contributed by atoms with Crippen molar-refractivity contribution in [1.29, 1.82) is 5.41 Å². The molecule has 212 valence electrons. The third-order valence-corrected chi connectivity index (χ3v) is 8.50. The van der Waals surface area contributed by atoms with Crippen LogP contribution in [-0.2, 0) is 9.53 Å². The highest BCUT2D eigenvalue weighted by Crippen LogP contribution is 2.29. The standard InChI is InChI=1S/C31H39N5O3S/c1-38-18-17-35-15-10-26(11-16-35)39-25-7-4-22(5-8-25)29(33)27-20-24(6-9-28(27)32)34-31(37)30(23-12-19-40-21-23)36-13-2-3-14-36/h4-9,12,19-21,26,30,33H,2-3,10-11,13-18,32H2,1H3,(H,34,37). The molecule has 3 heterocycles. The van der Waals surface area contributed by atoms with Gasteiger partial charge in [-0.15, -0.1) is 0 Å². The normalized spacial score (nSPS) is 17.5. The van der Waals surface area contributed by atoms with Gasteiger partial charge in [0.25, 0.3) is 0 Å². The Labute approximate surface area is 240 Å². The molecule has 4 N–H and O–H groups in total. The van der Waals surface area contributed by atoms with Crippen LogP contribution in [-0.4, -0.2) is 74.0 Å². The number of piperidine rings is 1. The maximum Gasteiger partial charge on any atom is 0.246 e. The van der Waals surface area contributed by atoms with Crippen LogP contribution < -0.4 is 15.8 Å². The molecular formula is C31H39N5O3S. The summed E-state index contributed by atoms with van der Waals surface area (Å²) in [6.45, 7) is 5.57. The lowest BCUT2D eigenvalue weighted by Gasteiger charge is -2.31. The van der Waals surface area contributed by atoms with Gasteiger partial charge in [-0.3, -0.25) is 15.1 Å². The first kappa shape index (κ1) is 28.3. The average molecular weight is 562 g/mol. The molecule has 0 radical (unpaired) electrons. The van der Waals surface area contributed by atoms with Gasteiger partial charge in [0.05, 0.1) is 12.3 Å². The Bertz CT molecular complexity index is 1270. The first-order chi connectivity index (χ1) is 19.5. The summed E-state index contributed by atoms with van der Waals surface area (Å²) in [4.78, 5) is 18.1. The Balaban J connectivity index is 1.22. The second-order valence-corrected chi connectivity index (χ2v) is 11.3. The molecule has 0 aliphatic carbocycles. The smallest absolute Gasteiger partial charge is 0.246 e. The number of rotatable bonds is 11. The Morgan fingerprint density at radius 2 is 1.85 bits per heavy atom. The number of hydrogen-bond acceptors (Lipinski definition) is 8. The van der Waals surface area contributed by atoms with Crippen LogP contribution in [0.4, 0.5) is 11.4 Å². The SMILES string of the molecule is COCCN1CCC(Oc2ccc(C(=N)c3cc(NC(=O)C(c4ccsc4)N4CCCC4)ccc3N)cc2)CC1. The van der Waals surface area contributed by atoms with Crippen molar-refractivity contribution in [1.82, 2.24) is 9.80 Å². The number of carbonyl (C=O) groups is 1. The van der Waals surface area contributed by atoms with Crippen LogP contribution >= 0.6 is 11.3 Å². The van der Waals surface area contributed by atoms with Crippen molar-refractivity contribution in [2.75, 3.05) is 57.5 Å². The molecule has 1 atom stereocenters. The average Bonchev–Trinajstić information content (AvgIpc) is 3.70. The number of hydrogen-bond donors (Lipinski definition) is 3. The van der Waals surface area contributed by atoms with E-state index in [1.165, 1.54) is 0 Å². The fraction of sp³-hybridized carbons (Fsp3) is 0.419. The number of carbonyl (C=O) groups excluding carboxylic acids is 1. The minimum absolute atomic E-state index is 0.0615. The fourth-order valence-electron chi connectivity index (χ4n) is 5.54. The first-order valence-corrected chi connectivity index (χ1v) is 15.0. The summed E-state index contributed by atoms with van der Waals surface area (Å²) in [7, 11) is 1.74. The molecule has 5 rings (SSSR count). The molecule has 2 fully saturated rings.